The van der Waals surface area contributed by atoms with Crippen LogP contribution in [0.2, 0.25) is 0 Å². The number of nitrogens with one attached hydrogen (secondary N) is 2. The fourth-order valence-corrected chi connectivity index (χ4v) is 3.48. The number of rotatable bonds is 8. The average Bonchev–Trinajstić information content (AvgIpc) is 3.29. The maximum absolute atomic E-state index is 12.6. The third kappa shape index (κ3) is 5.27. The molecular formula is C20H21N3O3S. The summed E-state index contributed by atoms with van der Waals surface area (Å²) in [5, 5.41) is 14.9. The maximum Gasteiger partial charge on any atom is 0.303 e. The van der Waals surface area contributed by atoms with Gasteiger partial charge in [-0.2, -0.15) is 0 Å². The first-order valence-corrected chi connectivity index (χ1v) is 9.56. The van der Waals surface area contributed by atoms with Crippen molar-refractivity contribution < 1.29 is 14.7 Å². The Morgan fingerprint density at radius 3 is 2.74 bits per heavy atom. The van der Waals surface area contributed by atoms with Crippen LogP contribution in [0.5, 0.6) is 0 Å². The highest BCUT2D eigenvalue weighted by Crippen LogP contribution is 2.22. The summed E-state index contributed by atoms with van der Waals surface area (Å²) >= 11 is 1.56. The van der Waals surface area contributed by atoms with E-state index in [1.54, 1.807) is 23.6 Å². The van der Waals surface area contributed by atoms with Gasteiger partial charge in [-0.1, -0.05) is 30.3 Å². The lowest BCUT2D eigenvalue weighted by Crippen LogP contribution is -2.37. The number of H-pyrrole nitrogens is 1. The summed E-state index contributed by atoms with van der Waals surface area (Å²) in [6.45, 7) is 1.94. The van der Waals surface area contributed by atoms with Crippen LogP contribution in [0.25, 0.3) is 11.3 Å². The number of benzene rings is 1. The third-order valence-corrected chi connectivity index (χ3v) is 4.98. The molecule has 3 N–H and O–H groups in total. The number of thiazole rings is 1. The van der Waals surface area contributed by atoms with E-state index in [9.17, 15) is 9.59 Å². The number of carboxylic acids is 1. The summed E-state index contributed by atoms with van der Waals surface area (Å²) in [5.74, 6) is -1.12. The van der Waals surface area contributed by atoms with E-state index in [4.69, 9.17) is 5.11 Å². The van der Waals surface area contributed by atoms with Gasteiger partial charge in [0.25, 0.3) is 5.91 Å². The van der Waals surface area contributed by atoms with E-state index >= 15 is 0 Å². The van der Waals surface area contributed by atoms with Crippen molar-refractivity contribution in [2.24, 2.45) is 0 Å². The average molecular weight is 383 g/mol. The number of nitrogens with zero attached hydrogens (tertiary/aromatic N) is 1. The molecule has 0 saturated heterocycles. The lowest BCUT2D eigenvalue weighted by molar-refractivity contribution is -0.137. The van der Waals surface area contributed by atoms with E-state index in [1.165, 1.54) is 0 Å². The van der Waals surface area contributed by atoms with Crippen molar-refractivity contribution in [1.82, 2.24) is 15.3 Å². The van der Waals surface area contributed by atoms with Crippen molar-refractivity contribution in [1.29, 1.82) is 0 Å². The zero-order valence-electron chi connectivity index (χ0n) is 14.9. The summed E-state index contributed by atoms with van der Waals surface area (Å²) in [5.41, 5.74) is 3.18. The third-order valence-electron chi connectivity index (χ3n) is 4.21. The van der Waals surface area contributed by atoms with E-state index in [2.05, 4.69) is 15.3 Å². The van der Waals surface area contributed by atoms with Crippen molar-refractivity contribution in [3.63, 3.8) is 0 Å². The molecule has 2 heterocycles. The molecule has 0 aliphatic rings. The molecule has 0 spiro atoms. The lowest BCUT2D eigenvalue weighted by atomic mass is 10.0. The van der Waals surface area contributed by atoms with Gasteiger partial charge in [0.2, 0.25) is 0 Å². The Kier molecular flexibility index (Phi) is 6.03. The molecule has 1 atom stereocenters. The second kappa shape index (κ2) is 8.64. The van der Waals surface area contributed by atoms with Gasteiger partial charge in [0.15, 0.2) is 0 Å². The highest BCUT2D eigenvalue weighted by atomic mass is 32.1. The van der Waals surface area contributed by atoms with Crippen molar-refractivity contribution in [2.45, 2.75) is 32.2 Å². The second-order valence-corrected chi connectivity index (χ2v) is 7.41. The van der Waals surface area contributed by atoms with Gasteiger partial charge in [-0.05, 0) is 31.4 Å². The van der Waals surface area contributed by atoms with Crippen LogP contribution in [0.1, 0.15) is 33.9 Å². The smallest absolute Gasteiger partial charge is 0.303 e. The Hall–Kier alpha value is -2.93. The highest BCUT2D eigenvalue weighted by molar-refractivity contribution is 7.09. The second-order valence-electron chi connectivity index (χ2n) is 6.35. The number of hydrogen-bond donors (Lipinski definition) is 3. The van der Waals surface area contributed by atoms with Gasteiger partial charge in [-0.15, -0.1) is 11.3 Å². The largest absolute Gasteiger partial charge is 0.481 e. The molecule has 3 aromatic rings. The normalized spacial score (nSPS) is 11.9. The van der Waals surface area contributed by atoms with Crippen LogP contribution in [-0.2, 0) is 11.2 Å². The van der Waals surface area contributed by atoms with E-state index in [1.807, 2.05) is 42.6 Å². The molecule has 3 rings (SSSR count). The van der Waals surface area contributed by atoms with Gasteiger partial charge in [0.1, 0.15) is 5.69 Å². The Balaban J connectivity index is 1.69. The molecule has 1 amide bonds. The molecule has 0 saturated carbocycles. The molecule has 7 heteroatoms. The number of aryl methyl sites for hydroxylation is 1. The van der Waals surface area contributed by atoms with Crippen molar-refractivity contribution in [3.05, 3.63) is 64.2 Å². The zero-order valence-corrected chi connectivity index (χ0v) is 15.8. The summed E-state index contributed by atoms with van der Waals surface area (Å²) in [4.78, 5) is 31.0. The summed E-state index contributed by atoms with van der Waals surface area (Å²) in [6.07, 6.45) is 2.71. The summed E-state index contributed by atoms with van der Waals surface area (Å²) in [6, 6.07) is 11.2. The standard InChI is InChI=1S/C20H21N3O3S/c1-13-22-18(12-27-13)15-10-17(21-11-15)20(26)23-16(7-8-19(24)25)9-14-5-3-2-4-6-14/h2-6,10-12,16,21H,7-9H2,1H3,(H,23,26)(H,24,25). The lowest BCUT2D eigenvalue weighted by Gasteiger charge is -2.18. The first-order valence-electron chi connectivity index (χ1n) is 8.69. The van der Waals surface area contributed by atoms with Crippen LogP contribution in [0.15, 0.2) is 48.0 Å². The Morgan fingerprint density at radius 2 is 2.07 bits per heavy atom. The molecule has 0 fully saturated rings. The van der Waals surface area contributed by atoms with Crippen molar-refractivity contribution in [3.8, 4) is 11.3 Å². The molecule has 0 aliphatic carbocycles. The molecule has 0 bridgehead atoms. The predicted molar refractivity (Wildman–Crippen MR) is 105 cm³/mol. The molecule has 27 heavy (non-hydrogen) atoms. The van der Waals surface area contributed by atoms with Gasteiger partial charge >= 0.3 is 5.97 Å². The maximum atomic E-state index is 12.6. The van der Waals surface area contributed by atoms with E-state index in [-0.39, 0.29) is 18.4 Å². The fraction of sp³-hybridized carbons (Fsp3) is 0.250. The Bertz CT molecular complexity index is 917. The van der Waals surface area contributed by atoms with Gasteiger partial charge in [-0.25, -0.2) is 4.98 Å². The van der Waals surface area contributed by atoms with E-state index in [0.717, 1.165) is 21.8 Å². The van der Waals surface area contributed by atoms with Crippen LogP contribution < -0.4 is 5.32 Å². The SMILES string of the molecule is Cc1nc(-c2c[nH]c(C(=O)NC(CCC(=O)O)Cc3ccccc3)c2)cs1. The number of aromatic nitrogens is 2. The number of carboxylic acid groups (broad SMARTS) is 1. The van der Waals surface area contributed by atoms with Crippen molar-refractivity contribution in [2.75, 3.05) is 0 Å². The van der Waals surface area contributed by atoms with Crippen LogP contribution in [-0.4, -0.2) is 33.0 Å². The number of carbonyl (C=O) groups excluding carboxylic acids is 1. The first kappa shape index (κ1) is 18.8. The quantitative estimate of drug-likeness (QED) is 0.553. The monoisotopic (exact) mass is 383 g/mol. The molecule has 1 aromatic carbocycles. The molecular weight excluding hydrogens is 362 g/mol. The topological polar surface area (TPSA) is 95.1 Å². The molecule has 2 aromatic heterocycles. The minimum Gasteiger partial charge on any atom is -0.481 e. The highest BCUT2D eigenvalue weighted by Gasteiger charge is 2.17. The first-order chi connectivity index (χ1) is 13.0. The number of aromatic amines is 1. The van der Waals surface area contributed by atoms with Gasteiger partial charge < -0.3 is 15.4 Å². The fourth-order valence-electron chi connectivity index (χ4n) is 2.85. The van der Waals surface area contributed by atoms with Gasteiger partial charge in [-0.3, -0.25) is 9.59 Å². The summed E-state index contributed by atoms with van der Waals surface area (Å²) in [7, 11) is 0. The van der Waals surface area contributed by atoms with Gasteiger partial charge in [0.05, 0.1) is 10.7 Å². The van der Waals surface area contributed by atoms with Gasteiger partial charge in [0, 0.05) is 29.6 Å². The molecule has 0 aliphatic heterocycles. The summed E-state index contributed by atoms with van der Waals surface area (Å²) < 4.78 is 0. The van der Waals surface area contributed by atoms with Crippen LogP contribution >= 0.6 is 11.3 Å². The molecule has 140 valence electrons. The van der Waals surface area contributed by atoms with Crippen LogP contribution in [0, 0.1) is 6.92 Å². The predicted octanol–water partition coefficient (Wildman–Crippen LogP) is 3.65. The van der Waals surface area contributed by atoms with Crippen LogP contribution in [0.3, 0.4) is 0 Å². The molecule has 6 nitrogen and oxygen atoms in total. The molecule has 0 radical (unpaired) electrons. The Morgan fingerprint density at radius 1 is 1.30 bits per heavy atom. The minimum atomic E-state index is -0.872. The van der Waals surface area contributed by atoms with Crippen LogP contribution in [0.4, 0.5) is 0 Å². The molecule has 1 unspecified atom stereocenters. The van der Waals surface area contributed by atoms with E-state index < -0.39 is 5.97 Å². The van der Waals surface area contributed by atoms with E-state index in [0.29, 0.717) is 18.5 Å². The van der Waals surface area contributed by atoms with Crippen molar-refractivity contribution >= 4 is 23.2 Å². The number of aliphatic carboxylic acids is 1. The minimum absolute atomic E-state index is 0.00581. The Labute approximate surface area is 161 Å². The zero-order chi connectivity index (χ0) is 19.2. The number of carbonyl (C=O) groups is 2. The number of amides is 1. The number of hydrogen-bond acceptors (Lipinski definition) is 4.